The van der Waals surface area contributed by atoms with Gasteiger partial charge in [-0.2, -0.15) is 0 Å². The molecule has 0 amide bonds. The first kappa shape index (κ1) is 37.2. The first-order valence-electron chi connectivity index (χ1n) is 11.8. The molecule has 0 aliphatic carbocycles. The Morgan fingerprint density at radius 2 is 1.16 bits per heavy atom. The van der Waals surface area contributed by atoms with Gasteiger partial charge < -0.3 is 19.7 Å². The van der Waals surface area contributed by atoms with Gasteiger partial charge in [0.25, 0.3) is 0 Å². The number of aromatic hydroxyl groups is 2. The van der Waals surface area contributed by atoms with Crippen LogP contribution in [0.5, 0.6) is 23.0 Å². The normalized spacial score (nSPS) is 10.2. The van der Waals surface area contributed by atoms with Crippen molar-refractivity contribution in [2.75, 3.05) is 13.2 Å². The molecule has 1 aromatic heterocycles. The van der Waals surface area contributed by atoms with Gasteiger partial charge in [-0.25, -0.2) is 0 Å². The zero-order valence-corrected chi connectivity index (χ0v) is 26.3. The molecule has 0 aliphatic heterocycles. The van der Waals surface area contributed by atoms with Gasteiger partial charge in [-0.05, 0) is 61.1 Å². The van der Waals surface area contributed by atoms with Crippen LogP contribution in [-0.2, 0) is 30.8 Å². The SMILES string of the molecule is CCOc1ccc(O)c(C(C)(C)C)c1.CCOc1ccc(O)c(C(C)(C)C)c1.Cl.Cl.[Ti]=[CH]c1ccco1. The molecule has 0 aliphatic rings. The molecule has 2 aromatic carbocycles. The van der Waals surface area contributed by atoms with Crippen LogP contribution in [0.25, 0.3) is 0 Å². The average molecular weight is 589 g/mol. The summed E-state index contributed by atoms with van der Waals surface area (Å²) in [7, 11) is 0. The Labute approximate surface area is 246 Å². The van der Waals surface area contributed by atoms with E-state index in [-0.39, 0.29) is 35.6 Å². The molecule has 37 heavy (non-hydrogen) atoms. The van der Waals surface area contributed by atoms with E-state index in [4.69, 9.17) is 13.9 Å². The topological polar surface area (TPSA) is 72.1 Å². The Kier molecular flexibility index (Phi) is 17.7. The summed E-state index contributed by atoms with van der Waals surface area (Å²) in [5.41, 5.74) is 1.72. The molecule has 8 heteroatoms. The van der Waals surface area contributed by atoms with Crippen molar-refractivity contribution in [2.45, 2.75) is 66.2 Å². The summed E-state index contributed by atoms with van der Waals surface area (Å²) in [5, 5.41) is 19.4. The molecule has 0 saturated carbocycles. The van der Waals surface area contributed by atoms with E-state index in [1.54, 1.807) is 30.5 Å². The summed E-state index contributed by atoms with van der Waals surface area (Å²) in [6, 6.07) is 14.5. The van der Waals surface area contributed by atoms with Gasteiger partial charge in [0.15, 0.2) is 0 Å². The second-order valence-corrected chi connectivity index (χ2v) is 10.3. The Morgan fingerprint density at radius 1 is 0.757 bits per heavy atom. The van der Waals surface area contributed by atoms with Gasteiger partial charge >= 0.3 is 52.9 Å². The van der Waals surface area contributed by atoms with Crippen molar-refractivity contribution >= 4 is 29.1 Å². The number of benzene rings is 2. The fraction of sp³-hybridized carbons (Fsp3) is 0.414. The Balaban J connectivity index is 0. The maximum absolute atomic E-state index is 9.68. The zero-order chi connectivity index (χ0) is 26.6. The molecule has 0 spiro atoms. The molecule has 3 aromatic rings. The number of phenolic OH excluding ortho intramolecular Hbond substituents is 2. The van der Waals surface area contributed by atoms with E-state index in [2.05, 4.69) is 41.5 Å². The third kappa shape index (κ3) is 13.4. The number of phenols is 2. The van der Waals surface area contributed by atoms with Crippen LogP contribution < -0.4 is 9.47 Å². The molecule has 0 saturated heterocycles. The van der Waals surface area contributed by atoms with Crippen LogP contribution in [0.3, 0.4) is 0 Å². The third-order valence-corrected chi connectivity index (χ3v) is 5.30. The molecule has 3 rings (SSSR count). The van der Waals surface area contributed by atoms with E-state index >= 15 is 0 Å². The first-order chi connectivity index (χ1) is 16.3. The number of hydrogen-bond acceptors (Lipinski definition) is 5. The Bertz CT molecular complexity index is 974. The van der Waals surface area contributed by atoms with Crippen LogP contribution in [0.1, 0.15) is 72.3 Å². The number of ether oxygens (including phenoxy) is 2. The second-order valence-electron chi connectivity index (χ2n) is 9.88. The average Bonchev–Trinajstić information content (AvgIpc) is 3.30. The van der Waals surface area contributed by atoms with Crippen molar-refractivity contribution in [1.82, 2.24) is 0 Å². The molecule has 0 unspecified atom stereocenters. The summed E-state index contributed by atoms with van der Waals surface area (Å²) >= 11 is 1.94. The van der Waals surface area contributed by atoms with Crippen molar-refractivity contribution in [1.29, 1.82) is 0 Å². The van der Waals surface area contributed by atoms with Crippen LogP contribution >= 0.6 is 24.8 Å². The van der Waals surface area contributed by atoms with Crippen LogP contribution in [0, 0.1) is 0 Å². The Hall–Kier alpha value is -1.92. The van der Waals surface area contributed by atoms with E-state index < -0.39 is 0 Å². The van der Waals surface area contributed by atoms with Gasteiger partial charge in [-0.1, -0.05) is 41.5 Å². The third-order valence-electron chi connectivity index (χ3n) is 4.86. The van der Waals surface area contributed by atoms with Crippen LogP contribution in [-0.4, -0.2) is 27.7 Å². The molecule has 0 atom stereocenters. The van der Waals surface area contributed by atoms with E-state index in [9.17, 15) is 10.2 Å². The maximum atomic E-state index is 9.68. The summed E-state index contributed by atoms with van der Waals surface area (Å²) in [5.74, 6) is 3.23. The van der Waals surface area contributed by atoms with Gasteiger partial charge in [0.2, 0.25) is 0 Å². The van der Waals surface area contributed by atoms with Gasteiger partial charge in [0.05, 0.1) is 13.2 Å². The van der Waals surface area contributed by atoms with Crippen LogP contribution in [0.4, 0.5) is 0 Å². The Morgan fingerprint density at radius 3 is 1.41 bits per heavy atom. The summed E-state index contributed by atoms with van der Waals surface area (Å²) in [6.07, 6.45) is 1.66. The molecule has 5 nitrogen and oxygen atoms in total. The van der Waals surface area contributed by atoms with Crippen molar-refractivity contribution in [2.24, 2.45) is 0 Å². The predicted octanol–water partition coefficient (Wildman–Crippen LogP) is 8.00. The minimum atomic E-state index is -0.0583. The minimum absolute atomic E-state index is 0. The fourth-order valence-electron chi connectivity index (χ4n) is 3.12. The van der Waals surface area contributed by atoms with Crippen molar-refractivity contribution < 1.29 is 44.1 Å². The second kappa shape index (κ2) is 17.6. The predicted molar refractivity (Wildman–Crippen MR) is 154 cm³/mol. The van der Waals surface area contributed by atoms with Gasteiger partial charge in [0, 0.05) is 11.1 Å². The molecule has 0 fully saturated rings. The molecule has 2 N–H and O–H groups in total. The van der Waals surface area contributed by atoms with E-state index in [0.717, 1.165) is 28.4 Å². The first-order valence-corrected chi connectivity index (χ1v) is 12.7. The van der Waals surface area contributed by atoms with Gasteiger partial charge in [-0.3, -0.25) is 0 Å². The standard InChI is InChI=1S/2C12H18O2.C5H4O.2ClH.Ti/c2*1-5-14-9-6-7-11(13)10(8-9)12(2,3)4;1-5-3-2-4-6-5;;;/h2*6-8,13H,5H2,1-4H3;1-4H;2*1H;. The molecule has 206 valence electrons. The number of halogens is 2. The molecule has 0 bridgehead atoms. The van der Waals surface area contributed by atoms with Gasteiger partial charge in [0.1, 0.15) is 23.0 Å². The van der Waals surface area contributed by atoms with E-state index in [1.807, 2.05) is 62.4 Å². The monoisotopic (exact) mass is 588 g/mol. The van der Waals surface area contributed by atoms with E-state index in [0.29, 0.717) is 24.7 Å². The summed E-state index contributed by atoms with van der Waals surface area (Å²) in [6.45, 7) is 17.6. The van der Waals surface area contributed by atoms with Gasteiger partial charge in [-0.15, -0.1) is 24.8 Å². The van der Waals surface area contributed by atoms with Crippen LogP contribution in [0.15, 0.2) is 59.2 Å². The molecule has 1 heterocycles. The zero-order valence-electron chi connectivity index (χ0n) is 23.1. The van der Waals surface area contributed by atoms with Crippen molar-refractivity contribution in [3.05, 3.63) is 71.7 Å². The summed E-state index contributed by atoms with van der Waals surface area (Å²) in [4.78, 5) is 0. The number of hydrogen-bond donors (Lipinski definition) is 2. The molecular formula is C29H42Cl2O5Ti. The van der Waals surface area contributed by atoms with Crippen molar-refractivity contribution in [3.63, 3.8) is 0 Å². The van der Waals surface area contributed by atoms with E-state index in [1.165, 1.54) is 0 Å². The quantitative estimate of drug-likeness (QED) is 0.295. The number of furan rings is 1. The molecular weight excluding hydrogens is 547 g/mol. The van der Waals surface area contributed by atoms with Crippen LogP contribution in [0.2, 0.25) is 0 Å². The molecule has 0 radical (unpaired) electrons. The number of rotatable bonds is 5. The van der Waals surface area contributed by atoms with Crippen molar-refractivity contribution in [3.8, 4) is 23.0 Å². The fourth-order valence-corrected chi connectivity index (χ4v) is 3.37. The summed E-state index contributed by atoms with van der Waals surface area (Å²) < 4.78 is 17.6.